The monoisotopic (exact) mass is 412 g/mol. The Morgan fingerprint density at radius 2 is 2.00 bits per heavy atom. The maximum atomic E-state index is 13.3. The largest absolute Gasteiger partial charge is 0.383 e. The maximum absolute atomic E-state index is 13.3. The molecule has 0 unspecified atom stereocenters. The van der Waals surface area contributed by atoms with Crippen molar-refractivity contribution in [3.63, 3.8) is 0 Å². The minimum Gasteiger partial charge on any atom is -0.383 e. The predicted octanol–water partition coefficient (Wildman–Crippen LogP) is 2.21. The summed E-state index contributed by atoms with van der Waals surface area (Å²) in [6, 6.07) is 7.93. The van der Waals surface area contributed by atoms with E-state index < -0.39 is 0 Å². The lowest BCUT2D eigenvalue weighted by Crippen LogP contribution is -2.52. The third-order valence-electron chi connectivity index (χ3n) is 6.70. The SMILES string of the molecule is COCCN(C[C@@H]1CCCN2CCCC[C@@H]12)C(=O)Cc1n[nH]c(=O)c2ccccc12. The number of carbonyl (C=O) groups excluding carboxylic acids is 1. The van der Waals surface area contributed by atoms with Crippen LogP contribution in [0, 0.1) is 5.92 Å². The first kappa shape index (κ1) is 21.0. The number of ether oxygens (including phenoxy) is 1. The van der Waals surface area contributed by atoms with Gasteiger partial charge in [0.25, 0.3) is 5.56 Å². The van der Waals surface area contributed by atoms with Crippen LogP contribution in [0.25, 0.3) is 10.8 Å². The molecule has 2 saturated heterocycles. The number of piperidine rings is 2. The highest BCUT2D eigenvalue weighted by molar-refractivity contribution is 5.88. The standard InChI is InChI=1S/C23H32N4O3/c1-30-14-13-27(16-17-7-6-12-26-11-5-4-10-21(17)26)22(28)15-20-18-8-2-3-9-19(18)23(29)25-24-20/h2-3,8-9,17,21H,4-7,10-16H2,1H3,(H,25,29)/t17-,21-/m0/s1. The van der Waals surface area contributed by atoms with E-state index in [2.05, 4.69) is 15.1 Å². The molecular weight excluding hydrogens is 380 g/mol. The second-order valence-electron chi connectivity index (χ2n) is 8.56. The highest BCUT2D eigenvalue weighted by atomic mass is 16.5. The van der Waals surface area contributed by atoms with Crippen LogP contribution in [0.15, 0.2) is 29.1 Å². The summed E-state index contributed by atoms with van der Waals surface area (Å²) in [7, 11) is 1.67. The van der Waals surface area contributed by atoms with Crippen molar-refractivity contribution in [2.45, 2.75) is 44.6 Å². The van der Waals surface area contributed by atoms with E-state index in [1.165, 1.54) is 45.2 Å². The fourth-order valence-electron chi connectivity index (χ4n) is 5.15. The van der Waals surface area contributed by atoms with Gasteiger partial charge in [0, 0.05) is 31.6 Å². The van der Waals surface area contributed by atoms with Crippen LogP contribution in [0.3, 0.4) is 0 Å². The fraction of sp³-hybridized carbons (Fsp3) is 0.609. The predicted molar refractivity (Wildman–Crippen MR) is 116 cm³/mol. The van der Waals surface area contributed by atoms with Gasteiger partial charge >= 0.3 is 0 Å². The van der Waals surface area contributed by atoms with Gasteiger partial charge in [-0.15, -0.1) is 0 Å². The third-order valence-corrected chi connectivity index (χ3v) is 6.70. The quantitative estimate of drug-likeness (QED) is 0.754. The van der Waals surface area contributed by atoms with E-state index in [-0.39, 0.29) is 17.9 Å². The van der Waals surface area contributed by atoms with Gasteiger partial charge in [0.2, 0.25) is 5.91 Å². The molecule has 7 heteroatoms. The number of nitrogens with one attached hydrogen (secondary N) is 1. The maximum Gasteiger partial charge on any atom is 0.272 e. The number of methoxy groups -OCH3 is 1. The Morgan fingerprint density at radius 1 is 1.20 bits per heavy atom. The zero-order valence-corrected chi connectivity index (χ0v) is 17.8. The topological polar surface area (TPSA) is 78.5 Å². The average molecular weight is 413 g/mol. The second kappa shape index (κ2) is 9.71. The Hall–Kier alpha value is -2.25. The van der Waals surface area contributed by atoms with E-state index in [0.29, 0.717) is 36.2 Å². The van der Waals surface area contributed by atoms with E-state index in [1.54, 1.807) is 13.2 Å². The number of hydrogen-bond acceptors (Lipinski definition) is 5. The minimum atomic E-state index is -0.224. The van der Waals surface area contributed by atoms with Crippen molar-refractivity contribution in [3.05, 3.63) is 40.3 Å². The van der Waals surface area contributed by atoms with Crippen LogP contribution < -0.4 is 5.56 Å². The molecule has 0 spiro atoms. The molecule has 2 atom stereocenters. The summed E-state index contributed by atoms with van der Waals surface area (Å²) in [4.78, 5) is 29.9. The fourth-order valence-corrected chi connectivity index (χ4v) is 5.15. The first-order valence-electron chi connectivity index (χ1n) is 11.1. The van der Waals surface area contributed by atoms with Crippen LogP contribution in [0.4, 0.5) is 0 Å². The van der Waals surface area contributed by atoms with E-state index in [0.717, 1.165) is 11.9 Å². The molecule has 2 aliphatic rings. The minimum absolute atomic E-state index is 0.0460. The molecule has 0 saturated carbocycles. The summed E-state index contributed by atoms with van der Waals surface area (Å²) in [5.74, 6) is 0.560. The Labute approximate surface area is 177 Å². The summed E-state index contributed by atoms with van der Waals surface area (Å²) in [6.07, 6.45) is 6.39. The van der Waals surface area contributed by atoms with Crippen LogP contribution in [-0.2, 0) is 16.0 Å². The van der Waals surface area contributed by atoms with Crippen molar-refractivity contribution in [3.8, 4) is 0 Å². The van der Waals surface area contributed by atoms with Crippen molar-refractivity contribution in [2.24, 2.45) is 5.92 Å². The summed E-state index contributed by atoms with van der Waals surface area (Å²) in [6.45, 7) is 4.26. The van der Waals surface area contributed by atoms with Crippen molar-refractivity contribution in [2.75, 3.05) is 39.9 Å². The van der Waals surface area contributed by atoms with E-state index in [4.69, 9.17) is 4.74 Å². The number of fused-ring (bicyclic) bond motifs is 2. The normalized spacial score (nSPS) is 22.0. The molecule has 1 N–H and O–H groups in total. The highest BCUT2D eigenvalue weighted by Crippen LogP contribution is 2.31. The number of amides is 1. The Kier molecular flexibility index (Phi) is 6.79. The lowest BCUT2D eigenvalue weighted by Gasteiger charge is -2.45. The van der Waals surface area contributed by atoms with Crippen molar-refractivity contribution in [1.29, 1.82) is 0 Å². The van der Waals surface area contributed by atoms with Crippen molar-refractivity contribution >= 4 is 16.7 Å². The molecule has 2 fully saturated rings. The van der Waals surface area contributed by atoms with Crippen molar-refractivity contribution < 1.29 is 9.53 Å². The van der Waals surface area contributed by atoms with Crippen LogP contribution in [-0.4, -0.2) is 71.8 Å². The smallest absolute Gasteiger partial charge is 0.272 e. The number of aromatic amines is 1. The Balaban J connectivity index is 1.51. The molecule has 0 bridgehead atoms. The van der Waals surface area contributed by atoms with Gasteiger partial charge < -0.3 is 14.5 Å². The van der Waals surface area contributed by atoms with Crippen LogP contribution in [0.2, 0.25) is 0 Å². The number of carbonyl (C=O) groups is 1. The Bertz CT molecular complexity index is 926. The van der Waals surface area contributed by atoms with Gasteiger partial charge in [-0.2, -0.15) is 5.10 Å². The molecule has 7 nitrogen and oxygen atoms in total. The van der Waals surface area contributed by atoms with E-state index in [1.807, 2.05) is 23.1 Å². The first-order chi connectivity index (χ1) is 14.7. The van der Waals surface area contributed by atoms with Crippen molar-refractivity contribution in [1.82, 2.24) is 20.0 Å². The van der Waals surface area contributed by atoms with E-state index in [9.17, 15) is 9.59 Å². The number of benzene rings is 1. The van der Waals surface area contributed by atoms with Gasteiger partial charge in [0.15, 0.2) is 0 Å². The molecule has 3 heterocycles. The molecule has 1 amide bonds. The van der Waals surface area contributed by atoms with Gasteiger partial charge in [-0.3, -0.25) is 9.59 Å². The lowest BCUT2D eigenvalue weighted by atomic mass is 9.83. The van der Waals surface area contributed by atoms with Gasteiger partial charge in [0.05, 0.1) is 24.1 Å². The molecule has 1 aromatic carbocycles. The van der Waals surface area contributed by atoms with Gasteiger partial charge in [0.1, 0.15) is 0 Å². The van der Waals surface area contributed by atoms with Crippen LogP contribution >= 0.6 is 0 Å². The molecule has 0 radical (unpaired) electrons. The molecule has 0 aliphatic carbocycles. The summed E-state index contributed by atoms with van der Waals surface area (Å²) >= 11 is 0. The lowest BCUT2D eigenvalue weighted by molar-refractivity contribution is -0.132. The first-order valence-corrected chi connectivity index (χ1v) is 11.1. The van der Waals surface area contributed by atoms with Gasteiger partial charge in [-0.1, -0.05) is 24.6 Å². The van der Waals surface area contributed by atoms with Gasteiger partial charge in [-0.25, -0.2) is 5.10 Å². The summed E-state index contributed by atoms with van der Waals surface area (Å²) in [5, 5.41) is 8.06. The molecular formula is C23H32N4O3. The second-order valence-corrected chi connectivity index (χ2v) is 8.56. The highest BCUT2D eigenvalue weighted by Gasteiger charge is 2.34. The number of nitrogens with zero attached hydrogens (tertiary/aromatic N) is 3. The van der Waals surface area contributed by atoms with Crippen LogP contribution in [0.5, 0.6) is 0 Å². The third kappa shape index (κ3) is 4.57. The molecule has 2 aliphatic heterocycles. The molecule has 30 heavy (non-hydrogen) atoms. The number of rotatable bonds is 7. The number of hydrogen-bond donors (Lipinski definition) is 1. The Morgan fingerprint density at radius 3 is 2.83 bits per heavy atom. The summed E-state index contributed by atoms with van der Waals surface area (Å²) in [5.41, 5.74) is 0.401. The molecule has 2 aromatic rings. The molecule has 162 valence electrons. The number of H-pyrrole nitrogens is 1. The summed E-state index contributed by atoms with van der Waals surface area (Å²) < 4.78 is 5.29. The van der Waals surface area contributed by atoms with Gasteiger partial charge in [-0.05, 0) is 50.8 Å². The zero-order chi connectivity index (χ0) is 20.9. The molecule has 4 rings (SSSR count). The van der Waals surface area contributed by atoms with Crippen LogP contribution in [0.1, 0.15) is 37.8 Å². The average Bonchev–Trinajstić information content (AvgIpc) is 2.78. The molecule has 1 aromatic heterocycles. The number of aromatic nitrogens is 2. The zero-order valence-electron chi connectivity index (χ0n) is 17.8. The van der Waals surface area contributed by atoms with E-state index >= 15 is 0 Å².